The zero-order valence-corrected chi connectivity index (χ0v) is 13.0. The van der Waals surface area contributed by atoms with Crippen molar-refractivity contribution in [2.45, 2.75) is 38.2 Å². The number of primary amides is 2. The number of rotatable bonds is 9. The summed E-state index contributed by atoms with van der Waals surface area (Å²) in [6.07, 6.45) is -3.03. The molecule has 1 atom stereocenters. The lowest BCUT2D eigenvalue weighted by molar-refractivity contribution is -0.143. The van der Waals surface area contributed by atoms with Gasteiger partial charge in [-0.25, -0.2) is 0 Å². The number of nitrogens with two attached hydrogens (primary N) is 2. The maximum atomic E-state index is 10.00. The predicted molar refractivity (Wildman–Crippen MR) is 78.0 cm³/mol. The van der Waals surface area contributed by atoms with Crippen molar-refractivity contribution in [2.24, 2.45) is 11.5 Å². The average Bonchev–Trinajstić information content (AvgIpc) is 2.43. The number of aliphatic carboxylic acids is 4. The number of hydrogen-bond donors (Lipinski definition) is 7. The van der Waals surface area contributed by atoms with Crippen molar-refractivity contribution in [3.63, 3.8) is 0 Å². The molecule has 0 aliphatic rings. The Labute approximate surface area is 140 Å². The van der Waals surface area contributed by atoms with Gasteiger partial charge in [0.15, 0.2) is 0 Å². The first-order chi connectivity index (χ1) is 11.3. The fourth-order valence-electron chi connectivity index (χ4n) is 0.719. The van der Waals surface area contributed by atoms with Crippen LogP contribution in [0.2, 0.25) is 0 Å². The van der Waals surface area contributed by atoms with Crippen LogP contribution < -0.4 is 11.5 Å². The van der Waals surface area contributed by atoms with Crippen LogP contribution in [0.15, 0.2) is 0 Å². The standard InChI is InChI=1S/C4H8N2O3.2C4H6O4/c5-3(8)1-2(7)4(6)9;2*5-3(6)1-2-4(7)8/h2,7H,1H2,(H2,5,8)(H2,6,9);2*1-2H2,(H,5,6)(H,7,8). The quantitative estimate of drug-likeness (QED) is 0.225. The Kier molecular flexibility index (Phi) is 16.7. The Balaban J connectivity index is -0.000000291. The summed E-state index contributed by atoms with van der Waals surface area (Å²) >= 11 is 0. The summed E-state index contributed by atoms with van der Waals surface area (Å²) < 4.78 is 0. The third kappa shape index (κ3) is 33.5. The Morgan fingerprint density at radius 3 is 0.960 bits per heavy atom. The largest absolute Gasteiger partial charge is 0.481 e. The fraction of sp³-hybridized carbons (Fsp3) is 0.500. The highest BCUT2D eigenvalue weighted by atomic mass is 16.4. The summed E-state index contributed by atoms with van der Waals surface area (Å²) in [6.45, 7) is 0. The van der Waals surface area contributed by atoms with Gasteiger partial charge in [-0.15, -0.1) is 0 Å². The van der Waals surface area contributed by atoms with Gasteiger partial charge in [-0.3, -0.25) is 28.8 Å². The van der Waals surface area contributed by atoms with Gasteiger partial charge in [0, 0.05) is 0 Å². The minimum Gasteiger partial charge on any atom is -0.481 e. The SMILES string of the molecule is NC(=O)CC(O)C(N)=O.O=C(O)CCC(=O)O.O=C(O)CCC(=O)O. The van der Waals surface area contributed by atoms with Crippen LogP contribution >= 0.6 is 0 Å². The summed E-state index contributed by atoms with van der Waals surface area (Å²) in [6, 6.07) is 0. The second kappa shape index (κ2) is 15.7. The number of aliphatic hydroxyl groups excluding tert-OH is 1. The molecule has 0 saturated heterocycles. The molecule has 0 bridgehead atoms. The van der Waals surface area contributed by atoms with Crippen LogP contribution in [0, 0.1) is 0 Å². The third-order valence-electron chi connectivity index (χ3n) is 1.83. The molecule has 0 aromatic rings. The highest BCUT2D eigenvalue weighted by Gasteiger charge is 2.12. The van der Waals surface area contributed by atoms with Crippen LogP contribution in [0.3, 0.4) is 0 Å². The molecule has 2 amide bonds. The molecule has 0 heterocycles. The number of aliphatic hydroxyl groups is 1. The van der Waals surface area contributed by atoms with Gasteiger partial charge in [-0.1, -0.05) is 0 Å². The van der Waals surface area contributed by atoms with E-state index < -0.39 is 48.2 Å². The number of carbonyl (C=O) groups is 6. The fourth-order valence-corrected chi connectivity index (χ4v) is 0.719. The van der Waals surface area contributed by atoms with E-state index in [1.54, 1.807) is 0 Å². The lowest BCUT2D eigenvalue weighted by atomic mass is 10.2. The number of carboxylic acid groups (broad SMARTS) is 4. The van der Waals surface area contributed by atoms with E-state index in [9.17, 15) is 28.8 Å². The molecule has 13 nitrogen and oxygen atoms in total. The molecule has 0 aromatic carbocycles. The Morgan fingerprint density at radius 1 is 0.640 bits per heavy atom. The van der Waals surface area contributed by atoms with Gasteiger partial charge in [-0.2, -0.15) is 0 Å². The molecule has 0 radical (unpaired) electrons. The zero-order chi connectivity index (χ0) is 20.6. The lowest BCUT2D eigenvalue weighted by Crippen LogP contribution is -2.32. The van der Waals surface area contributed by atoms with Crippen molar-refractivity contribution in [1.29, 1.82) is 0 Å². The number of hydrogen-bond acceptors (Lipinski definition) is 7. The van der Waals surface area contributed by atoms with Gasteiger partial charge >= 0.3 is 23.9 Å². The van der Waals surface area contributed by atoms with Crippen LogP contribution in [0.5, 0.6) is 0 Å². The number of carbonyl (C=O) groups excluding carboxylic acids is 2. The van der Waals surface area contributed by atoms with Crippen molar-refractivity contribution in [1.82, 2.24) is 0 Å². The molecular weight excluding hydrogens is 348 g/mol. The smallest absolute Gasteiger partial charge is 0.303 e. The number of amides is 2. The topological polar surface area (TPSA) is 256 Å². The van der Waals surface area contributed by atoms with Crippen molar-refractivity contribution in [3.8, 4) is 0 Å². The first-order valence-corrected chi connectivity index (χ1v) is 6.42. The molecule has 0 saturated carbocycles. The summed E-state index contributed by atoms with van der Waals surface area (Å²) in [7, 11) is 0. The molecule has 144 valence electrons. The molecule has 0 aliphatic heterocycles. The third-order valence-corrected chi connectivity index (χ3v) is 1.83. The maximum absolute atomic E-state index is 10.00. The van der Waals surface area contributed by atoms with Crippen molar-refractivity contribution in [2.75, 3.05) is 0 Å². The van der Waals surface area contributed by atoms with Crippen LogP contribution in [0.1, 0.15) is 32.1 Å². The van der Waals surface area contributed by atoms with E-state index in [-0.39, 0.29) is 25.7 Å². The van der Waals surface area contributed by atoms with Gasteiger partial charge in [0.05, 0.1) is 32.1 Å². The van der Waals surface area contributed by atoms with Gasteiger partial charge in [0.25, 0.3) is 0 Å². The van der Waals surface area contributed by atoms with E-state index in [2.05, 4.69) is 11.5 Å². The summed E-state index contributed by atoms with van der Waals surface area (Å²) in [5.74, 6) is -5.99. The molecule has 0 spiro atoms. The molecule has 0 fully saturated rings. The van der Waals surface area contributed by atoms with E-state index >= 15 is 0 Å². The lowest BCUT2D eigenvalue weighted by Gasteiger charge is -2.00. The normalized spacial score (nSPS) is 9.96. The minimum absolute atomic E-state index is 0.296. The minimum atomic E-state index is -1.44. The van der Waals surface area contributed by atoms with Gasteiger partial charge in [0.2, 0.25) is 11.8 Å². The molecule has 0 rings (SSSR count). The first-order valence-electron chi connectivity index (χ1n) is 6.42. The molecule has 25 heavy (non-hydrogen) atoms. The molecular formula is C12H20N2O11. The molecule has 9 N–H and O–H groups in total. The summed E-state index contributed by atoms with van der Waals surface area (Å²) in [5, 5.41) is 40.1. The average molecular weight is 368 g/mol. The zero-order valence-electron chi connectivity index (χ0n) is 13.0. The first kappa shape index (κ1) is 26.7. The Bertz CT molecular complexity index is 433. The van der Waals surface area contributed by atoms with Crippen molar-refractivity contribution >= 4 is 35.7 Å². The van der Waals surface area contributed by atoms with E-state index in [0.29, 0.717) is 0 Å². The van der Waals surface area contributed by atoms with Crippen LogP contribution in [-0.4, -0.2) is 67.3 Å². The highest BCUT2D eigenvalue weighted by molar-refractivity contribution is 5.85. The van der Waals surface area contributed by atoms with E-state index in [0.717, 1.165) is 0 Å². The molecule has 13 heteroatoms. The highest BCUT2D eigenvalue weighted by Crippen LogP contribution is 1.87. The van der Waals surface area contributed by atoms with Crippen molar-refractivity contribution < 1.29 is 54.3 Å². The van der Waals surface area contributed by atoms with Crippen LogP contribution in [0.25, 0.3) is 0 Å². The molecule has 0 aliphatic carbocycles. The predicted octanol–water partition coefficient (Wildman–Crippen LogP) is -2.42. The second-order valence-corrected chi connectivity index (χ2v) is 4.16. The monoisotopic (exact) mass is 368 g/mol. The van der Waals surface area contributed by atoms with Gasteiger partial charge in [-0.05, 0) is 0 Å². The van der Waals surface area contributed by atoms with E-state index in [4.69, 9.17) is 25.5 Å². The molecule has 1 unspecified atom stereocenters. The Morgan fingerprint density at radius 2 is 0.880 bits per heavy atom. The van der Waals surface area contributed by atoms with Gasteiger partial charge in [0.1, 0.15) is 6.10 Å². The van der Waals surface area contributed by atoms with E-state index in [1.807, 2.05) is 0 Å². The van der Waals surface area contributed by atoms with Crippen LogP contribution in [0.4, 0.5) is 0 Å². The summed E-state index contributed by atoms with van der Waals surface area (Å²) in [4.78, 5) is 58.5. The summed E-state index contributed by atoms with van der Waals surface area (Å²) in [5.41, 5.74) is 9.21. The van der Waals surface area contributed by atoms with Crippen molar-refractivity contribution in [3.05, 3.63) is 0 Å². The maximum Gasteiger partial charge on any atom is 0.303 e. The van der Waals surface area contributed by atoms with Gasteiger partial charge < -0.3 is 37.0 Å². The Hall–Kier alpha value is -3.22. The van der Waals surface area contributed by atoms with E-state index in [1.165, 1.54) is 0 Å². The molecule has 0 aromatic heterocycles. The number of carboxylic acids is 4. The second-order valence-electron chi connectivity index (χ2n) is 4.16. The van der Waals surface area contributed by atoms with Crippen LogP contribution in [-0.2, 0) is 28.8 Å².